The van der Waals surface area contributed by atoms with Crippen LogP contribution in [-0.2, 0) is 35.1 Å². The van der Waals surface area contributed by atoms with E-state index in [0.717, 1.165) is 12.8 Å². The number of pyridine rings is 1. The maximum atomic E-state index is 13.4. The van der Waals surface area contributed by atoms with Crippen LogP contribution in [0.25, 0.3) is 0 Å². The van der Waals surface area contributed by atoms with Crippen molar-refractivity contribution in [3.05, 3.63) is 88.5 Å². The van der Waals surface area contributed by atoms with Gasteiger partial charge in [0.2, 0.25) is 12.3 Å². The Kier molecular flexibility index (Phi) is 12.7. The van der Waals surface area contributed by atoms with Crippen molar-refractivity contribution in [1.82, 2.24) is 5.32 Å². The largest absolute Gasteiger partial charge is 0.460 e. The summed E-state index contributed by atoms with van der Waals surface area (Å²) in [4.78, 5) is 39.8. The fraction of sp³-hybridized carbons (Fsp3) is 0.438. The van der Waals surface area contributed by atoms with Crippen molar-refractivity contribution in [2.75, 3.05) is 39.6 Å². The van der Waals surface area contributed by atoms with E-state index in [1.54, 1.807) is 49.0 Å². The van der Waals surface area contributed by atoms with Gasteiger partial charge < -0.3 is 24.3 Å². The number of carbonyl (C=O) groups excluding carboxylic acids is 3. The predicted molar refractivity (Wildman–Crippen MR) is 153 cm³/mol. The zero-order valence-corrected chi connectivity index (χ0v) is 24.4. The second kappa shape index (κ2) is 16.4. The van der Waals surface area contributed by atoms with E-state index in [4.69, 9.17) is 18.9 Å². The number of rotatable bonds is 16. The molecule has 1 N–H and O–H groups in total. The topological polar surface area (TPSA) is 104 Å². The molecule has 0 fully saturated rings. The first-order valence-corrected chi connectivity index (χ1v) is 14.1. The lowest BCUT2D eigenvalue weighted by Gasteiger charge is -2.30. The number of hydrogen-bond donors (Lipinski definition) is 1. The van der Waals surface area contributed by atoms with E-state index in [1.807, 2.05) is 38.1 Å². The lowest BCUT2D eigenvalue weighted by Crippen LogP contribution is -2.39. The first-order chi connectivity index (χ1) is 19.9. The van der Waals surface area contributed by atoms with Crippen LogP contribution in [0, 0.1) is 0 Å². The van der Waals surface area contributed by atoms with Crippen molar-refractivity contribution in [3.63, 3.8) is 0 Å². The smallest absolute Gasteiger partial charge is 0.336 e. The molecule has 0 spiro atoms. The van der Waals surface area contributed by atoms with Crippen LogP contribution >= 0.6 is 0 Å². The summed E-state index contributed by atoms with van der Waals surface area (Å²) in [6.45, 7) is 9.53. The molecule has 1 aliphatic rings. The lowest BCUT2D eigenvalue weighted by molar-refractivity contribution is -0.683. The van der Waals surface area contributed by atoms with Gasteiger partial charge in [0.1, 0.15) is 13.2 Å². The summed E-state index contributed by atoms with van der Waals surface area (Å²) in [5, 5.41) is 3.16. The van der Waals surface area contributed by atoms with Gasteiger partial charge in [0.15, 0.2) is 12.4 Å². The van der Waals surface area contributed by atoms with E-state index >= 15 is 0 Å². The first kappa shape index (κ1) is 31.7. The van der Waals surface area contributed by atoms with Gasteiger partial charge in [-0.1, -0.05) is 44.2 Å². The third-order valence-corrected chi connectivity index (χ3v) is 6.46. The number of carbonyl (C=O) groups is 3. The second-order valence-electron chi connectivity index (χ2n) is 9.73. The third kappa shape index (κ3) is 9.09. The summed E-state index contributed by atoms with van der Waals surface area (Å²) < 4.78 is 23.8. The Balaban J connectivity index is 1.92. The van der Waals surface area contributed by atoms with Gasteiger partial charge in [-0.25, -0.2) is 9.59 Å². The Bertz CT molecular complexity index is 1210. The summed E-state index contributed by atoms with van der Waals surface area (Å²) in [5.74, 6) is -1.95. The average Bonchev–Trinajstić information content (AvgIpc) is 2.97. The van der Waals surface area contributed by atoms with Gasteiger partial charge in [-0.2, -0.15) is 4.57 Å². The van der Waals surface area contributed by atoms with Crippen LogP contribution in [0.1, 0.15) is 62.4 Å². The summed E-state index contributed by atoms with van der Waals surface area (Å²) in [7, 11) is 0. The van der Waals surface area contributed by atoms with Crippen molar-refractivity contribution >= 4 is 17.7 Å². The van der Waals surface area contributed by atoms with Crippen molar-refractivity contribution in [1.29, 1.82) is 0 Å². The SMILES string of the molecule is CCCOCCOC(=O)C1=C(C)NC(C)=C(C(=O)OCCOCCC)C1c1ccc[n+](CC(=O)c2ccccc2)c1. The number of dihydropyridines is 1. The zero-order chi connectivity index (χ0) is 29.6. The zero-order valence-electron chi connectivity index (χ0n) is 24.4. The van der Waals surface area contributed by atoms with Crippen molar-refractivity contribution in [2.24, 2.45) is 0 Å². The van der Waals surface area contributed by atoms with Crippen LogP contribution < -0.4 is 9.88 Å². The van der Waals surface area contributed by atoms with Crippen molar-refractivity contribution in [2.45, 2.75) is 53.0 Å². The minimum absolute atomic E-state index is 0.0602. The highest BCUT2D eigenvalue weighted by molar-refractivity contribution is 6.00. The van der Waals surface area contributed by atoms with Gasteiger partial charge in [-0.3, -0.25) is 4.79 Å². The molecule has 0 saturated heterocycles. The molecule has 0 amide bonds. The molecule has 0 aliphatic carbocycles. The van der Waals surface area contributed by atoms with E-state index < -0.39 is 17.9 Å². The van der Waals surface area contributed by atoms with Gasteiger partial charge >= 0.3 is 11.9 Å². The maximum absolute atomic E-state index is 13.4. The van der Waals surface area contributed by atoms with Crippen molar-refractivity contribution in [3.8, 4) is 0 Å². The van der Waals surface area contributed by atoms with Crippen LogP contribution in [0.4, 0.5) is 0 Å². The fourth-order valence-corrected chi connectivity index (χ4v) is 4.60. The molecule has 1 aliphatic heterocycles. The molecule has 0 saturated carbocycles. The van der Waals surface area contributed by atoms with Crippen LogP contribution in [0.2, 0.25) is 0 Å². The standard InChI is InChI=1S/C32H40N2O7/c1-5-15-38-17-19-40-31(36)28-23(3)33-24(4)29(32(37)41-20-18-39-16-6-2)30(28)26-13-10-14-34(21-26)22-27(35)25-11-8-7-9-12-25/h7-14,21,30H,5-6,15-20,22H2,1-4H3/p+1. The number of benzene rings is 1. The molecule has 1 aromatic heterocycles. The summed E-state index contributed by atoms with van der Waals surface area (Å²) in [6.07, 6.45) is 5.30. The Hall–Kier alpha value is -3.82. The van der Waals surface area contributed by atoms with Crippen molar-refractivity contribution < 1.29 is 37.9 Å². The number of ketones is 1. The van der Waals surface area contributed by atoms with Crippen LogP contribution in [0.5, 0.6) is 0 Å². The lowest BCUT2D eigenvalue weighted by atomic mass is 9.81. The highest BCUT2D eigenvalue weighted by Gasteiger charge is 2.39. The molecule has 2 aromatic rings. The van der Waals surface area contributed by atoms with Gasteiger partial charge in [0.25, 0.3) is 0 Å². The summed E-state index contributed by atoms with van der Waals surface area (Å²) in [5.41, 5.74) is 3.00. The van der Waals surface area contributed by atoms with Gasteiger partial charge in [0.05, 0.1) is 30.3 Å². The molecule has 1 aromatic carbocycles. The number of esters is 2. The molecule has 0 atom stereocenters. The number of allylic oxidation sites excluding steroid dienone is 2. The van der Waals surface area contributed by atoms with E-state index in [2.05, 4.69) is 5.32 Å². The highest BCUT2D eigenvalue weighted by Crippen LogP contribution is 2.38. The third-order valence-electron chi connectivity index (χ3n) is 6.46. The number of ether oxygens (including phenoxy) is 4. The first-order valence-electron chi connectivity index (χ1n) is 14.1. The molecular weight excluding hydrogens is 524 g/mol. The Labute approximate surface area is 242 Å². The van der Waals surface area contributed by atoms with E-state index in [0.29, 0.717) is 46.9 Å². The van der Waals surface area contributed by atoms with Gasteiger partial charge in [0, 0.05) is 41.8 Å². The molecule has 0 radical (unpaired) electrons. The second-order valence-corrected chi connectivity index (χ2v) is 9.73. The summed E-state index contributed by atoms with van der Waals surface area (Å²) >= 11 is 0. The van der Waals surface area contributed by atoms with E-state index in [1.165, 1.54) is 0 Å². The van der Waals surface area contributed by atoms with E-state index in [-0.39, 0.29) is 38.8 Å². The number of aromatic nitrogens is 1. The van der Waals surface area contributed by atoms with Gasteiger partial charge in [-0.05, 0) is 32.8 Å². The molecule has 9 heteroatoms. The predicted octanol–water partition coefficient (Wildman–Crippen LogP) is 4.03. The molecular formula is C32H41N2O7+. The quantitative estimate of drug-likeness (QED) is 0.141. The molecule has 9 nitrogen and oxygen atoms in total. The molecule has 0 unspecified atom stereocenters. The molecule has 2 heterocycles. The van der Waals surface area contributed by atoms with Crippen LogP contribution in [0.15, 0.2) is 77.4 Å². The highest BCUT2D eigenvalue weighted by atomic mass is 16.6. The Morgan fingerprint density at radius 3 is 1.85 bits per heavy atom. The van der Waals surface area contributed by atoms with Crippen LogP contribution in [0.3, 0.4) is 0 Å². The number of hydrogen-bond acceptors (Lipinski definition) is 8. The molecule has 0 bridgehead atoms. The molecule has 41 heavy (non-hydrogen) atoms. The average molecular weight is 566 g/mol. The molecule has 220 valence electrons. The van der Waals surface area contributed by atoms with Gasteiger partial charge in [-0.15, -0.1) is 0 Å². The maximum Gasteiger partial charge on any atom is 0.336 e. The fourth-order valence-electron chi connectivity index (χ4n) is 4.60. The normalized spacial score (nSPS) is 13.7. The minimum Gasteiger partial charge on any atom is -0.460 e. The Morgan fingerprint density at radius 2 is 1.32 bits per heavy atom. The summed E-state index contributed by atoms with van der Waals surface area (Å²) in [6, 6.07) is 12.7. The number of Topliss-reactive ketones (excluding diaryl/α,β-unsaturated/α-hetero) is 1. The number of nitrogens with one attached hydrogen (secondary N) is 1. The molecule has 3 rings (SSSR count). The monoisotopic (exact) mass is 565 g/mol. The Morgan fingerprint density at radius 1 is 0.756 bits per heavy atom. The van der Waals surface area contributed by atoms with Crippen LogP contribution in [-0.4, -0.2) is 57.4 Å². The number of nitrogens with zero attached hydrogens (tertiary/aromatic N) is 1. The van der Waals surface area contributed by atoms with E-state index in [9.17, 15) is 14.4 Å². The minimum atomic E-state index is -0.774.